The van der Waals surface area contributed by atoms with Gasteiger partial charge in [-0.1, -0.05) is 26.2 Å². The Morgan fingerprint density at radius 1 is 1.28 bits per heavy atom. The number of carboxylic acids is 1. The first kappa shape index (κ1) is 16.9. The molecule has 0 amide bonds. The Kier molecular flexibility index (Phi) is 6.91. The van der Waals surface area contributed by atoms with E-state index in [0.717, 1.165) is 19.3 Å². The van der Waals surface area contributed by atoms with Crippen LogP contribution in [0.2, 0.25) is 0 Å². The highest BCUT2D eigenvalue weighted by atomic mass is 16.6. The molecule has 0 aromatic rings. The number of carbonyl (C=O) groups is 2. The highest BCUT2D eigenvalue weighted by Crippen LogP contribution is 2.16. The third-order valence-electron chi connectivity index (χ3n) is 2.50. The predicted molar refractivity (Wildman–Crippen MR) is 69.1 cm³/mol. The lowest BCUT2D eigenvalue weighted by atomic mass is 9.95. The molecule has 0 aliphatic rings. The van der Waals surface area contributed by atoms with E-state index in [1.165, 1.54) is 0 Å². The number of aliphatic carboxylic acids is 1. The predicted octanol–water partition coefficient (Wildman–Crippen LogP) is 1.94. The molecule has 0 spiro atoms. The SMILES string of the molecule is CCCCCC(N)C(C(=O)O)C(=O)OC(C)(C)C. The molecule has 0 fully saturated rings. The van der Waals surface area contributed by atoms with Gasteiger partial charge in [0.25, 0.3) is 0 Å². The second-order valence-electron chi connectivity index (χ2n) is 5.51. The standard InChI is InChI=1S/C13H25NO4/c1-5-6-7-8-9(14)10(11(15)16)12(17)18-13(2,3)4/h9-10H,5-8,14H2,1-4H3,(H,15,16). The van der Waals surface area contributed by atoms with E-state index in [0.29, 0.717) is 6.42 Å². The van der Waals surface area contributed by atoms with E-state index in [-0.39, 0.29) is 0 Å². The maximum atomic E-state index is 11.8. The largest absolute Gasteiger partial charge is 0.481 e. The zero-order chi connectivity index (χ0) is 14.3. The van der Waals surface area contributed by atoms with Gasteiger partial charge in [0.05, 0.1) is 0 Å². The summed E-state index contributed by atoms with van der Waals surface area (Å²) in [6.45, 7) is 7.15. The summed E-state index contributed by atoms with van der Waals surface area (Å²) in [4.78, 5) is 22.9. The summed E-state index contributed by atoms with van der Waals surface area (Å²) in [5.41, 5.74) is 5.10. The van der Waals surface area contributed by atoms with Crippen LogP contribution < -0.4 is 5.73 Å². The van der Waals surface area contributed by atoms with E-state index in [1.54, 1.807) is 20.8 Å². The Balaban J connectivity index is 4.55. The minimum atomic E-state index is -1.28. The smallest absolute Gasteiger partial charge is 0.322 e. The van der Waals surface area contributed by atoms with Crippen LogP contribution >= 0.6 is 0 Å². The Morgan fingerprint density at radius 2 is 1.83 bits per heavy atom. The van der Waals surface area contributed by atoms with Crippen molar-refractivity contribution >= 4 is 11.9 Å². The van der Waals surface area contributed by atoms with Crippen molar-refractivity contribution in [3.05, 3.63) is 0 Å². The van der Waals surface area contributed by atoms with Crippen molar-refractivity contribution in [2.24, 2.45) is 11.7 Å². The average Bonchev–Trinajstić information content (AvgIpc) is 2.14. The number of nitrogens with two attached hydrogens (primary N) is 1. The molecule has 0 radical (unpaired) electrons. The quantitative estimate of drug-likeness (QED) is 0.414. The third-order valence-corrected chi connectivity index (χ3v) is 2.50. The molecule has 18 heavy (non-hydrogen) atoms. The Bertz CT molecular complexity index is 283. The lowest BCUT2D eigenvalue weighted by molar-refractivity contribution is -0.167. The van der Waals surface area contributed by atoms with Gasteiger partial charge in [-0.3, -0.25) is 9.59 Å². The fraction of sp³-hybridized carbons (Fsp3) is 0.846. The fourth-order valence-corrected chi connectivity index (χ4v) is 1.62. The van der Waals surface area contributed by atoms with Crippen LogP contribution in [0.15, 0.2) is 0 Å². The number of unbranched alkanes of at least 4 members (excludes halogenated alkanes) is 2. The second kappa shape index (κ2) is 7.36. The first-order valence-corrected chi connectivity index (χ1v) is 6.40. The molecule has 0 aromatic carbocycles. The molecule has 5 nitrogen and oxygen atoms in total. The molecule has 2 unspecified atom stereocenters. The Labute approximate surface area is 109 Å². The van der Waals surface area contributed by atoms with Gasteiger partial charge in [0.15, 0.2) is 5.92 Å². The van der Waals surface area contributed by atoms with Gasteiger partial charge >= 0.3 is 11.9 Å². The van der Waals surface area contributed by atoms with E-state index >= 15 is 0 Å². The van der Waals surface area contributed by atoms with Crippen LogP contribution in [0.1, 0.15) is 53.4 Å². The molecular formula is C13H25NO4. The van der Waals surface area contributed by atoms with Crippen LogP contribution in [0.4, 0.5) is 0 Å². The van der Waals surface area contributed by atoms with Gasteiger partial charge in [0.2, 0.25) is 0 Å². The lowest BCUT2D eigenvalue weighted by Gasteiger charge is -2.25. The van der Waals surface area contributed by atoms with Crippen LogP contribution in [0.25, 0.3) is 0 Å². The zero-order valence-corrected chi connectivity index (χ0v) is 11.7. The van der Waals surface area contributed by atoms with Gasteiger partial charge in [0, 0.05) is 6.04 Å². The molecule has 2 atom stereocenters. The van der Waals surface area contributed by atoms with E-state index < -0.39 is 29.5 Å². The van der Waals surface area contributed by atoms with Crippen LogP contribution in [0, 0.1) is 5.92 Å². The fourth-order valence-electron chi connectivity index (χ4n) is 1.62. The monoisotopic (exact) mass is 259 g/mol. The summed E-state index contributed by atoms with van der Waals surface area (Å²) >= 11 is 0. The molecule has 0 rings (SSSR count). The van der Waals surface area contributed by atoms with Crippen molar-refractivity contribution in [3.63, 3.8) is 0 Å². The van der Waals surface area contributed by atoms with E-state index in [2.05, 4.69) is 0 Å². The summed E-state index contributed by atoms with van der Waals surface area (Å²) in [5.74, 6) is -3.24. The van der Waals surface area contributed by atoms with Gasteiger partial charge in [0.1, 0.15) is 5.60 Å². The molecule has 106 valence electrons. The summed E-state index contributed by atoms with van der Waals surface area (Å²) in [7, 11) is 0. The molecule has 0 aliphatic carbocycles. The normalized spacial score (nSPS) is 14.9. The Morgan fingerprint density at radius 3 is 2.22 bits per heavy atom. The van der Waals surface area contributed by atoms with Crippen LogP contribution in [-0.2, 0) is 14.3 Å². The van der Waals surface area contributed by atoms with Crippen molar-refractivity contribution in [2.75, 3.05) is 0 Å². The zero-order valence-electron chi connectivity index (χ0n) is 11.7. The highest BCUT2D eigenvalue weighted by molar-refractivity contribution is 5.94. The summed E-state index contributed by atoms with van der Waals surface area (Å²) in [5, 5.41) is 9.09. The van der Waals surface area contributed by atoms with Gasteiger partial charge in [-0.05, 0) is 27.2 Å². The van der Waals surface area contributed by atoms with Crippen LogP contribution in [0.3, 0.4) is 0 Å². The van der Waals surface area contributed by atoms with Gasteiger partial charge in [-0.25, -0.2) is 0 Å². The molecule has 0 saturated heterocycles. The number of hydrogen-bond acceptors (Lipinski definition) is 4. The summed E-state index contributed by atoms with van der Waals surface area (Å²) in [6.07, 6.45) is 3.35. The van der Waals surface area contributed by atoms with Crippen molar-refractivity contribution in [1.29, 1.82) is 0 Å². The number of carboxylic acid groups (broad SMARTS) is 1. The van der Waals surface area contributed by atoms with Crippen molar-refractivity contribution < 1.29 is 19.4 Å². The minimum Gasteiger partial charge on any atom is -0.481 e. The lowest BCUT2D eigenvalue weighted by Crippen LogP contribution is -2.43. The van der Waals surface area contributed by atoms with Crippen molar-refractivity contribution in [1.82, 2.24) is 0 Å². The number of rotatable bonds is 7. The number of carbonyl (C=O) groups excluding carboxylic acids is 1. The molecular weight excluding hydrogens is 234 g/mol. The van der Waals surface area contributed by atoms with Crippen LogP contribution in [-0.4, -0.2) is 28.7 Å². The van der Waals surface area contributed by atoms with Gasteiger partial charge < -0.3 is 15.6 Å². The molecule has 0 heterocycles. The van der Waals surface area contributed by atoms with Crippen molar-refractivity contribution in [3.8, 4) is 0 Å². The van der Waals surface area contributed by atoms with Crippen LogP contribution in [0.5, 0.6) is 0 Å². The first-order valence-electron chi connectivity index (χ1n) is 6.40. The van der Waals surface area contributed by atoms with Gasteiger partial charge in [-0.2, -0.15) is 0 Å². The van der Waals surface area contributed by atoms with E-state index in [4.69, 9.17) is 15.6 Å². The maximum Gasteiger partial charge on any atom is 0.322 e. The second-order valence-corrected chi connectivity index (χ2v) is 5.51. The molecule has 0 aromatic heterocycles. The topological polar surface area (TPSA) is 89.6 Å². The third kappa shape index (κ3) is 6.59. The summed E-state index contributed by atoms with van der Waals surface area (Å²) < 4.78 is 5.09. The van der Waals surface area contributed by atoms with Crippen molar-refractivity contribution in [2.45, 2.75) is 65.0 Å². The first-order chi connectivity index (χ1) is 8.19. The number of esters is 1. The molecule has 5 heteroatoms. The highest BCUT2D eigenvalue weighted by Gasteiger charge is 2.35. The average molecular weight is 259 g/mol. The molecule has 3 N–H and O–H groups in total. The summed E-state index contributed by atoms with van der Waals surface area (Å²) in [6, 6.07) is -0.691. The Hall–Kier alpha value is -1.10. The molecule has 0 saturated carbocycles. The molecule has 0 bridgehead atoms. The molecule has 0 aliphatic heterocycles. The van der Waals surface area contributed by atoms with E-state index in [9.17, 15) is 9.59 Å². The maximum absolute atomic E-state index is 11.8. The van der Waals surface area contributed by atoms with E-state index in [1.807, 2.05) is 6.92 Å². The minimum absolute atomic E-state index is 0.518. The number of ether oxygens (including phenoxy) is 1. The number of hydrogen-bond donors (Lipinski definition) is 2. The van der Waals surface area contributed by atoms with Gasteiger partial charge in [-0.15, -0.1) is 0 Å².